The molecule has 0 unspecified atom stereocenters. The fourth-order valence-electron chi connectivity index (χ4n) is 3.00. The molecule has 3 amide bonds. The number of hydrogen-bond acceptors (Lipinski definition) is 6. The number of fused-ring (bicyclic) bond motifs is 1. The van der Waals surface area contributed by atoms with E-state index in [0.29, 0.717) is 24.3 Å². The van der Waals surface area contributed by atoms with Crippen LogP contribution >= 0.6 is 11.3 Å². The standard InChI is InChI=1S/C20H19N3O4S.2H2/c1-21-20(19(26)22-13-24,7-5-14-6-8-28-11-14)12-23-10-15-3-4-16(27-2)9-17(15)18(23)25;;/h3-4,6,8-9,11,13,21H,10,12H2,1-2H3,(H,22,24,26);2*1H/t20-;;/m1../s1. The number of imide groups is 1. The number of nitrogens with zero attached hydrogens (tertiary/aromatic N) is 1. The molecule has 2 N–H and O–H groups in total. The van der Waals surface area contributed by atoms with Crippen LogP contribution in [-0.4, -0.2) is 49.4 Å². The second kappa shape index (κ2) is 8.25. The molecule has 1 aromatic heterocycles. The van der Waals surface area contributed by atoms with E-state index in [9.17, 15) is 14.4 Å². The molecule has 0 spiro atoms. The van der Waals surface area contributed by atoms with Gasteiger partial charge < -0.3 is 9.64 Å². The fourth-order valence-corrected chi connectivity index (χ4v) is 3.58. The van der Waals surface area contributed by atoms with E-state index in [2.05, 4.69) is 22.5 Å². The van der Waals surface area contributed by atoms with Crippen LogP contribution in [0.3, 0.4) is 0 Å². The molecule has 7 nitrogen and oxygen atoms in total. The Morgan fingerprint density at radius 1 is 1.46 bits per heavy atom. The van der Waals surface area contributed by atoms with Crippen molar-refractivity contribution >= 4 is 29.6 Å². The number of carbonyl (C=O) groups excluding carboxylic acids is 3. The first-order chi connectivity index (χ1) is 13.5. The number of likely N-dealkylation sites (N-methyl/N-ethyl adjacent to an activating group) is 1. The average molecular weight is 401 g/mol. The molecule has 0 saturated carbocycles. The van der Waals surface area contributed by atoms with Gasteiger partial charge in [0, 0.05) is 25.9 Å². The molecular weight excluding hydrogens is 378 g/mol. The zero-order chi connectivity index (χ0) is 20.1. The summed E-state index contributed by atoms with van der Waals surface area (Å²) in [4.78, 5) is 37.9. The lowest BCUT2D eigenvalue weighted by Crippen LogP contribution is -2.60. The highest BCUT2D eigenvalue weighted by molar-refractivity contribution is 7.08. The van der Waals surface area contributed by atoms with E-state index < -0.39 is 11.4 Å². The van der Waals surface area contributed by atoms with E-state index in [1.807, 2.05) is 22.9 Å². The monoisotopic (exact) mass is 401 g/mol. The van der Waals surface area contributed by atoms with Gasteiger partial charge >= 0.3 is 0 Å². The molecule has 1 aliphatic rings. The largest absolute Gasteiger partial charge is 0.497 e. The number of carbonyl (C=O) groups is 3. The first-order valence-electron chi connectivity index (χ1n) is 8.48. The minimum atomic E-state index is -1.44. The molecule has 8 heteroatoms. The number of hydrogen-bond donors (Lipinski definition) is 2. The van der Waals surface area contributed by atoms with Crippen LogP contribution in [-0.2, 0) is 16.1 Å². The number of thiophene rings is 1. The Kier molecular flexibility index (Phi) is 5.78. The zero-order valence-electron chi connectivity index (χ0n) is 15.4. The fraction of sp³-hybridized carbons (Fsp3) is 0.250. The van der Waals surface area contributed by atoms with E-state index in [1.165, 1.54) is 23.3 Å². The van der Waals surface area contributed by atoms with E-state index in [-0.39, 0.29) is 15.3 Å². The van der Waals surface area contributed by atoms with Gasteiger partial charge in [0.05, 0.1) is 13.7 Å². The van der Waals surface area contributed by atoms with Gasteiger partial charge in [-0.1, -0.05) is 17.9 Å². The van der Waals surface area contributed by atoms with Crippen LogP contribution in [0.2, 0.25) is 0 Å². The van der Waals surface area contributed by atoms with Gasteiger partial charge in [0.2, 0.25) is 6.41 Å². The van der Waals surface area contributed by atoms with Crippen LogP contribution in [0.4, 0.5) is 0 Å². The Labute approximate surface area is 169 Å². The lowest BCUT2D eigenvalue weighted by Gasteiger charge is -2.30. The summed E-state index contributed by atoms with van der Waals surface area (Å²) < 4.78 is 5.19. The molecule has 148 valence electrons. The van der Waals surface area contributed by atoms with Crippen molar-refractivity contribution in [1.29, 1.82) is 0 Å². The third-order valence-corrected chi connectivity index (χ3v) is 5.25. The Balaban J connectivity index is 0.00000225. The molecule has 0 bridgehead atoms. The molecule has 1 aliphatic heterocycles. The predicted octanol–water partition coefficient (Wildman–Crippen LogP) is 1.49. The summed E-state index contributed by atoms with van der Waals surface area (Å²) in [6, 6.07) is 7.13. The van der Waals surface area contributed by atoms with Crippen LogP contribution in [0.15, 0.2) is 35.0 Å². The number of nitrogens with one attached hydrogen (secondary N) is 2. The second-order valence-corrected chi connectivity index (χ2v) is 6.97. The molecule has 0 saturated heterocycles. The van der Waals surface area contributed by atoms with E-state index in [0.717, 1.165) is 11.1 Å². The van der Waals surface area contributed by atoms with Gasteiger partial charge in [-0.15, -0.1) is 0 Å². The van der Waals surface area contributed by atoms with Gasteiger partial charge in [-0.05, 0) is 36.2 Å². The number of methoxy groups -OCH3 is 1. The van der Waals surface area contributed by atoms with Gasteiger partial charge in [-0.25, -0.2) is 0 Å². The number of benzene rings is 1. The predicted molar refractivity (Wildman–Crippen MR) is 109 cm³/mol. The zero-order valence-corrected chi connectivity index (χ0v) is 16.3. The number of rotatable bonds is 6. The van der Waals surface area contributed by atoms with Crippen molar-refractivity contribution in [3.63, 3.8) is 0 Å². The minimum Gasteiger partial charge on any atom is -0.497 e. The van der Waals surface area contributed by atoms with Crippen LogP contribution in [0.25, 0.3) is 0 Å². The molecule has 1 atom stereocenters. The SMILES string of the molecule is CN[C@](C#Cc1ccsc1)(CN1Cc2ccc(OC)cc2C1=O)C(=O)NC=O.[HH].[HH]. The lowest BCUT2D eigenvalue weighted by atomic mass is 9.97. The first kappa shape index (κ1) is 19.6. The van der Waals surface area contributed by atoms with Crippen molar-refractivity contribution in [2.45, 2.75) is 12.1 Å². The topological polar surface area (TPSA) is 87.7 Å². The average Bonchev–Trinajstić information content (AvgIpc) is 3.33. The van der Waals surface area contributed by atoms with Crippen molar-refractivity contribution in [3.05, 3.63) is 51.7 Å². The van der Waals surface area contributed by atoms with Gasteiger partial charge in [0.15, 0.2) is 5.54 Å². The summed E-state index contributed by atoms with van der Waals surface area (Å²) in [6.45, 7) is 0.326. The number of ether oxygens (including phenoxy) is 1. The Bertz CT molecular complexity index is 972. The summed E-state index contributed by atoms with van der Waals surface area (Å²) in [5.41, 5.74) is 0.692. The van der Waals surface area contributed by atoms with Crippen LogP contribution in [0, 0.1) is 11.8 Å². The third kappa shape index (κ3) is 3.76. The van der Waals surface area contributed by atoms with Gasteiger partial charge in [-0.3, -0.25) is 25.0 Å². The Morgan fingerprint density at radius 2 is 2.29 bits per heavy atom. The highest BCUT2D eigenvalue weighted by Crippen LogP contribution is 2.28. The molecule has 2 aromatic rings. The molecule has 28 heavy (non-hydrogen) atoms. The molecule has 0 radical (unpaired) electrons. The van der Waals surface area contributed by atoms with Gasteiger partial charge in [0.25, 0.3) is 11.8 Å². The normalized spacial score (nSPS) is 14.5. The van der Waals surface area contributed by atoms with Crippen molar-refractivity contribution in [2.24, 2.45) is 0 Å². The van der Waals surface area contributed by atoms with Crippen LogP contribution in [0.1, 0.15) is 24.3 Å². The van der Waals surface area contributed by atoms with Gasteiger partial charge in [0.1, 0.15) is 5.75 Å². The third-order valence-electron chi connectivity index (χ3n) is 4.57. The second-order valence-electron chi connectivity index (χ2n) is 6.19. The summed E-state index contributed by atoms with van der Waals surface area (Å²) >= 11 is 1.49. The molecule has 3 rings (SSSR count). The molecule has 0 fully saturated rings. The minimum absolute atomic E-state index is 0. The summed E-state index contributed by atoms with van der Waals surface area (Å²) in [7, 11) is 3.11. The molecule has 0 aliphatic carbocycles. The van der Waals surface area contributed by atoms with E-state index in [1.54, 1.807) is 19.2 Å². The van der Waals surface area contributed by atoms with Crippen molar-refractivity contribution in [2.75, 3.05) is 20.7 Å². The van der Waals surface area contributed by atoms with Crippen molar-refractivity contribution < 1.29 is 22.0 Å². The first-order valence-corrected chi connectivity index (χ1v) is 9.42. The van der Waals surface area contributed by atoms with Crippen LogP contribution < -0.4 is 15.4 Å². The summed E-state index contributed by atoms with van der Waals surface area (Å²) in [5, 5.41) is 8.79. The van der Waals surface area contributed by atoms with Crippen LogP contribution in [0.5, 0.6) is 5.75 Å². The smallest absolute Gasteiger partial charge is 0.260 e. The van der Waals surface area contributed by atoms with E-state index in [4.69, 9.17) is 4.74 Å². The van der Waals surface area contributed by atoms with E-state index >= 15 is 0 Å². The molecular formula is C20H23N3O4S. The maximum absolute atomic E-state index is 12.9. The highest BCUT2D eigenvalue weighted by Gasteiger charge is 2.41. The maximum Gasteiger partial charge on any atom is 0.260 e. The Morgan fingerprint density at radius 3 is 2.93 bits per heavy atom. The quantitative estimate of drug-likeness (QED) is 0.566. The summed E-state index contributed by atoms with van der Waals surface area (Å²) in [6.07, 6.45) is 0.312. The lowest BCUT2D eigenvalue weighted by molar-refractivity contribution is -0.129. The highest BCUT2D eigenvalue weighted by atomic mass is 32.1. The van der Waals surface area contributed by atoms with Crippen molar-refractivity contribution in [1.82, 2.24) is 15.5 Å². The number of amides is 3. The van der Waals surface area contributed by atoms with Gasteiger partial charge in [-0.2, -0.15) is 11.3 Å². The van der Waals surface area contributed by atoms with Crippen molar-refractivity contribution in [3.8, 4) is 17.6 Å². The summed E-state index contributed by atoms with van der Waals surface area (Å²) in [5.74, 6) is 5.62. The molecule has 2 heterocycles. The Hall–Kier alpha value is -3.15. The molecule has 1 aromatic carbocycles. The maximum atomic E-state index is 12.9.